The van der Waals surface area contributed by atoms with Crippen molar-refractivity contribution < 1.29 is 8.63 Å². The molecule has 104 valence electrons. The number of benzene rings is 1. The highest BCUT2D eigenvalue weighted by molar-refractivity contribution is 6.41. The molecule has 1 aliphatic rings. The number of aryl methyl sites for hydroxylation is 1. The van der Waals surface area contributed by atoms with E-state index in [1.54, 1.807) is 24.4 Å². The van der Waals surface area contributed by atoms with Crippen LogP contribution >= 0.6 is 0 Å². The zero-order chi connectivity index (χ0) is 14.8. The van der Waals surface area contributed by atoms with Crippen molar-refractivity contribution in [3.63, 3.8) is 0 Å². The summed E-state index contributed by atoms with van der Waals surface area (Å²) in [6, 6.07) is 11.1. The summed E-state index contributed by atoms with van der Waals surface area (Å²) >= 11 is 0. The Hall–Kier alpha value is -2.43. The maximum Gasteiger partial charge on any atom is 0.677 e. The maximum absolute atomic E-state index is 13.2. The summed E-state index contributed by atoms with van der Waals surface area (Å²) in [6.45, 7) is 1.99. The van der Waals surface area contributed by atoms with Gasteiger partial charge in [-0.1, -0.05) is 29.8 Å². The fraction of sp³-hybridized carbons (Fsp3) is 0.0625. The van der Waals surface area contributed by atoms with Gasteiger partial charge in [-0.25, -0.2) is 0 Å². The van der Waals surface area contributed by atoms with Crippen molar-refractivity contribution in [2.45, 2.75) is 6.92 Å². The highest BCUT2D eigenvalue weighted by Gasteiger charge is 2.23. The summed E-state index contributed by atoms with van der Waals surface area (Å²) in [7, 11) is -2.58. The molecule has 0 fully saturated rings. The third-order valence-corrected chi connectivity index (χ3v) is 3.40. The van der Waals surface area contributed by atoms with Crippen LogP contribution in [0.3, 0.4) is 0 Å². The lowest BCUT2D eigenvalue weighted by atomic mass is 9.98. The predicted octanol–water partition coefficient (Wildman–Crippen LogP) is 3.97. The number of halogens is 2. The van der Waals surface area contributed by atoms with Crippen LogP contribution in [0.25, 0.3) is 5.57 Å². The minimum absolute atomic E-state index is 0.465. The molecule has 1 aromatic carbocycles. The highest BCUT2D eigenvalue weighted by Crippen LogP contribution is 2.30. The third kappa shape index (κ3) is 2.59. The first-order valence-corrected chi connectivity index (χ1v) is 6.64. The summed E-state index contributed by atoms with van der Waals surface area (Å²) in [5.41, 5.74) is 3.87. The summed E-state index contributed by atoms with van der Waals surface area (Å²) in [5.74, 6) is 0. The number of aliphatic imine (C=N–C) groups is 1. The van der Waals surface area contributed by atoms with Crippen LogP contribution < -0.4 is 0 Å². The molecule has 0 unspecified atom stereocenters. The number of nitrogens with zero attached hydrogens (tertiary/aromatic N) is 2. The van der Waals surface area contributed by atoms with Gasteiger partial charge in [0.2, 0.25) is 0 Å². The second kappa shape index (κ2) is 5.52. The van der Waals surface area contributed by atoms with Crippen LogP contribution in [0.1, 0.15) is 16.8 Å². The van der Waals surface area contributed by atoms with Gasteiger partial charge in [0.15, 0.2) is 0 Å². The number of allylic oxidation sites excluding steroid dienone is 2. The van der Waals surface area contributed by atoms with Crippen LogP contribution in [0, 0.1) is 6.92 Å². The Morgan fingerprint density at radius 1 is 1.14 bits per heavy atom. The first kappa shape index (κ1) is 13.6. The summed E-state index contributed by atoms with van der Waals surface area (Å²) in [4.78, 5) is 4.28. The van der Waals surface area contributed by atoms with E-state index in [0.29, 0.717) is 17.0 Å². The highest BCUT2D eigenvalue weighted by atomic mass is 19.2. The van der Waals surface area contributed by atoms with E-state index in [2.05, 4.69) is 4.99 Å². The van der Waals surface area contributed by atoms with Crippen LogP contribution in [-0.4, -0.2) is 18.1 Å². The molecule has 0 saturated carbocycles. The summed E-state index contributed by atoms with van der Waals surface area (Å²) < 4.78 is 27.3. The van der Waals surface area contributed by atoms with E-state index < -0.39 is 7.40 Å². The van der Waals surface area contributed by atoms with Gasteiger partial charge in [0.25, 0.3) is 0 Å². The monoisotopic (exact) mass is 282 g/mol. The number of hydrogen-bond acceptors (Lipinski definition) is 1. The lowest BCUT2D eigenvalue weighted by Crippen LogP contribution is -2.15. The number of rotatable bonds is 3. The van der Waals surface area contributed by atoms with Gasteiger partial charge in [-0.05, 0) is 43.0 Å². The lowest BCUT2D eigenvalue weighted by molar-refractivity contribution is 0.628. The molecule has 2 nitrogen and oxygen atoms in total. The van der Waals surface area contributed by atoms with Gasteiger partial charge >= 0.3 is 7.40 Å². The van der Waals surface area contributed by atoms with Crippen molar-refractivity contribution >= 4 is 19.2 Å². The standard InChI is InChI=1S/C16H13BF2N2/c1-12-6-8-13(9-7-12)16(14-4-2-10-20-14)15-5-3-11-21(15)17(18)19/h2-11H,1H3/b16-14+. The first-order valence-electron chi connectivity index (χ1n) is 6.64. The van der Waals surface area contributed by atoms with E-state index >= 15 is 0 Å². The van der Waals surface area contributed by atoms with Crippen molar-refractivity contribution in [3.8, 4) is 0 Å². The zero-order valence-corrected chi connectivity index (χ0v) is 11.5. The molecule has 5 heteroatoms. The molecule has 0 aliphatic carbocycles. The van der Waals surface area contributed by atoms with Crippen LogP contribution in [0.4, 0.5) is 8.63 Å². The smallest absolute Gasteiger partial charge is 0.332 e. The van der Waals surface area contributed by atoms with E-state index in [4.69, 9.17) is 0 Å². The molecular formula is C16H13BF2N2. The van der Waals surface area contributed by atoms with Crippen LogP contribution in [-0.2, 0) is 0 Å². The predicted molar refractivity (Wildman–Crippen MR) is 82.6 cm³/mol. The minimum Gasteiger partial charge on any atom is -0.332 e. The molecule has 0 saturated heterocycles. The largest absolute Gasteiger partial charge is 0.677 e. The zero-order valence-electron chi connectivity index (χ0n) is 11.5. The topological polar surface area (TPSA) is 17.3 Å². The quantitative estimate of drug-likeness (QED) is 0.758. The van der Waals surface area contributed by atoms with Gasteiger partial charge in [0.1, 0.15) is 0 Å². The Morgan fingerprint density at radius 2 is 1.90 bits per heavy atom. The van der Waals surface area contributed by atoms with Crippen LogP contribution in [0.15, 0.2) is 65.4 Å². The molecule has 0 spiro atoms. The summed E-state index contributed by atoms with van der Waals surface area (Å²) in [5, 5.41) is 0. The first-order chi connectivity index (χ1) is 10.2. The Kier molecular flexibility index (Phi) is 3.56. The second-order valence-corrected chi connectivity index (χ2v) is 4.84. The van der Waals surface area contributed by atoms with E-state index in [-0.39, 0.29) is 0 Å². The van der Waals surface area contributed by atoms with Crippen molar-refractivity contribution in [2.75, 3.05) is 0 Å². The number of aromatic nitrogens is 1. The van der Waals surface area contributed by atoms with Crippen molar-refractivity contribution in [2.24, 2.45) is 4.99 Å². The van der Waals surface area contributed by atoms with E-state index in [0.717, 1.165) is 15.6 Å². The Bertz CT molecular complexity index is 726. The average Bonchev–Trinajstić information content (AvgIpc) is 3.13. The average molecular weight is 282 g/mol. The minimum atomic E-state index is -2.58. The van der Waals surface area contributed by atoms with Gasteiger partial charge in [0.05, 0.1) is 5.70 Å². The molecule has 0 atom stereocenters. The molecule has 0 amide bonds. The van der Waals surface area contributed by atoms with Crippen LogP contribution in [0.5, 0.6) is 0 Å². The molecule has 2 heterocycles. The molecular weight excluding hydrogens is 269 g/mol. The van der Waals surface area contributed by atoms with Gasteiger partial charge in [-0.2, -0.15) is 0 Å². The van der Waals surface area contributed by atoms with Crippen molar-refractivity contribution in [1.82, 2.24) is 4.48 Å². The molecule has 0 N–H and O–H groups in total. The molecule has 2 aromatic rings. The molecule has 0 bridgehead atoms. The third-order valence-electron chi connectivity index (χ3n) is 3.40. The van der Waals surface area contributed by atoms with E-state index in [9.17, 15) is 8.63 Å². The van der Waals surface area contributed by atoms with Gasteiger partial charge in [0, 0.05) is 17.5 Å². The van der Waals surface area contributed by atoms with Gasteiger partial charge in [-0.3, -0.25) is 13.6 Å². The lowest BCUT2D eigenvalue weighted by Gasteiger charge is -2.13. The van der Waals surface area contributed by atoms with Gasteiger partial charge in [-0.15, -0.1) is 0 Å². The molecule has 3 rings (SSSR count). The fourth-order valence-corrected chi connectivity index (χ4v) is 2.37. The Labute approximate surface area is 122 Å². The van der Waals surface area contributed by atoms with E-state index in [1.165, 1.54) is 6.20 Å². The molecule has 0 radical (unpaired) electrons. The van der Waals surface area contributed by atoms with Crippen molar-refractivity contribution in [1.29, 1.82) is 0 Å². The second-order valence-electron chi connectivity index (χ2n) is 4.84. The van der Waals surface area contributed by atoms with E-state index in [1.807, 2.05) is 37.3 Å². The molecule has 21 heavy (non-hydrogen) atoms. The SMILES string of the molecule is Cc1ccc(/C(=C2/C=CC=N2)c2cccn2B(F)F)cc1. The molecule has 1 aliphatic heterocycles. The fourth-order valence-electron chi connectivity index (χ4n) is 2.37. The Balaban J connectivity index is 2.21. The maximum atomic E-state index is 13.2. The molecule has 1 aromatic heterocycles. The van der Waals surface area contributed by atoms with Crippen molar-refractivity contribution in [3.05, 3.63) is 77.3 Å². The van der Waals surface area contributed by atoms with Gasteiger partial charge < -0.3 is 4.48 Å². The Morgan fingerprint density at radius 3 is 2.52 bits per heavy atom. The normalized spacial score (nSPS) is 15.6. The summed E-state index contributed by atoms with van der Waals surface area (Å²) in [6.07, 6.45) is 6.69. The van der Waals surface area contributed by atoms with Crippen LogP contribution in [0.2, 0.25) is 0 Å². The number of hydrogen-bond donors (Lipinski definition) is 0.